The van der Waals surface area contributed by atoms with Crippen molar-refractivity contribution in [3.63, 3.8) is 0 Å². The highest BCUT2D eigenvalue weighted by molar-refractivity contribution is 5.86. The minimum absolute atomic E-state index is 0.152. The summed E-state index contributed by atoms with van der Waals surface area (Å²) in [6, 6.07) is 0. The number of aromatic carboxylic acids is 1. The molecule has 0 atom stereocenters. The molecule has 0 amide bonds. The van der Waals surface area contributed by atoms with E-state index < -0.39 is 5.97 Å². The number of hydrogen-bond acceptors (Lipinski definition) is 3. The Kier molecular flexibility index (Phi) is 3.76. The molecule has 1 aromatic rings. The molecule has 1 aromatic heterocycles. The second kappa shape index (κ2) is 5.29. The van der Waals surface area contributed by atoms with Gasteiger partial charge in [0.15, 0.2) is 5.69 Å². The summed E-state index contributed by atoms with van der Waals surface area (Å²) in [5.41, 5.74) is 0.987. The van der Waals surface area contributed by atoms with Gasteiger partial charge in [-0.1, -0.05) is 30.9 Å². The van der Waals surface area contributed by atoms with Crippen LogP contribution >= 0.6 is 0 Å². The van der Waals surface area contributed by atoms with Crippen LogP contribution in [0.2, 0.25) is 0 Å². The smallest absolute Gasteiger partial charge is 0.358 e. The quantitative estimate of drug-likeness (QED) is 0.820. The molecule has 0 radical (unpaired) electrons. The number of carbonyl (C=O) groups is 1. The Balaban J connectivity index is 2.33. The van der Waals surface area contributed by atoms with Crippen LogP contribution in [0, 0.1) is 0 Å². The van der Waals surface area contributed by atoms with Crippen LogP contribution in [0.1, 0.15) is 67.5 Å². The van der Waals surface area contributed by atoms with E-state index in [0.29, 0.717) is 12.5 Å². The van der Waals surface area contributed by atoms with Crippen molar-refractivity contribution >= 4 is 5.97 Å². The molecule has 0 spiro atoms. The first-order valence-corrected chi connectivity index (χ1v) is 6.40. The molecule has 5 nitrogen and oxygen atoms in total. The summed E-state index contributed by atoms with van der Waals surface area (Å²) in [5, 5.41) is 16.9. The first-order chi connectivity index (χ1) is 8.24. The first-order valence-electron chi connectivity index (χ1n) is 6.40. The van der Waals surface area contributed by atoms with Crippen LogP contribution in [-0.2, 0) is 6.54 Å². The SMILES string of the molecule is CCn1nnc(C(=O)O)c1C1CCCCCC1. The average molecular weight is 237 g/mol. The monoisotopic (exact) mass is 237 g/mol. The molecule has 5 heteroatoms. The second-order valence-electron chi connectivity index (χ2n) is 4.63. The summed E-state index contributed by atoms with van der Waals surface area (Å²) in [6.07, 6.45) is 7.00. The van der Waals surface area contributed by atoms with Gasteiger partial charge in [0.1, 0.15) is 0 Å². The number of aromatic nitrogens is 3. The van der Waals surface area contributed by atoms with Crippen molar-refractivity contribution in [2.75, 3.05) is 0 Å². The van der Waals surface area contributed by atoms with Crippen LogP contribution in [0.4, 0.5) is 0 Å². The maximum atomic E-state index is 11.2. The van der Waals surface area contributed by atoms with Crippen molar-refractivity contribution in [3.05, 3.63) is 11.4 Å². The Bertz CT molecular complexity index is 392. The van der Waals surface area contributed by atoms with Gasteiger partial charge < -0.3 is 5.11 Å². The molecule has 0 unspecified atom stereocenters. The van der Waals surface area contributed by atoms with Crippen LogP contribution in [0.3, 0.4) is 0 Å². The zero-order valence-corrected chi connectivity index (χ0v) is 10.2. The number of rotatable bonds is 3. The van der Waals surface area contributed by atoms with Gasteiger partial charge in [-0.25, -0.2) is 9.48 Å². The minimum atomic E-state index is -0.955. The third-order valence-corrected chi connectivity index (χ3v) is 3.52. The Morgan fingerprint density at radius 1 is 1.35 bits per heavy atom. The molecule has 94 valence electrons. The third-order valence-electron chi connectivity index (χ3n) is 3.52. The first kappa shape index (κ1) is 12.1. The molecule has 1 heterocycles. The molecule has 0 bridgehead atoms. The van der Waals surface area contributed by atoms with E-state index in [4.69, 9.17) is 5.11 Å². The predicted octanol–water partition coefficient (Wildman–Crippen LogP) is 2.43. The third kappa shape index (κ3) is 2.48. The van der Waals surface area contributed by atoms with Crippen LogP contribution in [0.15, 0.2) is 0 Å². The van der Waals surface area contributed by atoms with Gasteiger partial charge >= 0.3 is 5.97 Å². The zero-order valence-electron chi connectivity index (χ0n) is 10.2. The van der Waals surface area contributed by atoms with E-state index in [1.54, 1.807) is 4.68 Å². The lowest BCUT2D eigenvalue weighted by molar-refractivity contribution is 0.0688. The number of hydrogen-bond donors (Lipinski definition) is 1. The molecule has 1 N–H and O–H groups in total. The summed E-state index contributed by atoms with van der Waals surface area (Å²) in [4.78, 5) is 11.2. The summed E-state index contributed by atoms with van der Waals surface area (Å²) < 4.78 is 1.75. The number of aryl methyl sites for hydroxylation is 1. The summed E-state index contributed by atoms with van der Waals surface area (Å²) in [5.74, 6) is -0.637. The van der Waals surface area contributed by atoms with Gasteiger partial charge in [-0.3, -0.25) is 0 Å². The van der Waals surface area contributed by atoms with Crippen molar-refractivity contribution in [1.82, 2.24) is 15.0 Å². The van der Waals surface area contributed by atoms with Gasteiger partial charge in [-0.2, -0.15) is 0 Å². The highest BCUT2D eigenvalue weighted by Gasteiger charge is 2.26. The summed E-state index contributed by atoms with van der Waals surface area (Å²) in [6.45, 7) is 2.66. The number of carboxylic acid groups (broad SMARTS) is 1. The molecule has 1 aliphatic rings. The summed E-state index contributed by atoms with van der Waals surface area (Å²) >= 11 is 0. The van der Waals surface area contributed by atoms with Crippen LogP contribution in [0.25, 0.3) is 0 Å². The van der Waals surface area contributed by atoms with E-state index in [1.807, 2.05) is 6.92 Å². The van der Waals surface area contributed by atoms with Gasteiger partial charge in [0.25, 0.3) is 0 Å². The summed E-state index contributed by atoms with van der Waals surface area (Å²) in [7, 11) is 0. The molecule has 0 aromatic carbocycles. The predicted molar refractivity (Wildman–Crippen MR) is 63.1 cm³/mol. The van der Waals surface area contributed by atoms with Crippen molar-refractivity contribution < 1.29 is 9.90 Å². The lowest BCUT2D eigenvalue weighted by Gasteiger charge is -2.15. The van der Waals surface area contributed by atoms with Gasteiger partial charge in [0.2, 0.25) is 0 Å². The van der Waals surface area contributed by atoms with E-state index in [0.717, 1.165) is 18.5 Å². The number of carboxylic acids is 1. The fourth-order valence-electron chi connectivity index (χ4n) is 2.66. The van der Waals surface area contributed by atoms with E-state index in [9.17, 15) is 4.79 Å². The van der Waals surface area contributed by atoms with Crippen molar-refractivity contribution in [2.24, 2.45) is 0 Å². The zero-order chi connectivity index (χ0) is 12.3. The molecule has 2 rings (SSSR count). The van der Waals surface area contributed by atoms with Crippen LogP contribution in [-0.4, -0.2) is 26.1 Å². The van der Waals surface area contributed by atoms with E-state index >= 15 is 0 Å². The van der Waals surface area contributed by atoms with Crippen LogP contribution < -0.4 is 0 Å². The minimum Gasteiger partial charge on any atom is -0.476 e. The Labute approximate surface area is 101 Å². The van der Waals surface area contributed by atoms with E-state index in [1.165, 1.54) is 25.7 Å². The van der Waals surface area contributed by atoms with Gasteiger partial charge in [0.05, 0.1) is 5.69 Å². The average Bonchev–Trinajstić information content (AvgIpc) is 2.57. The maximum Gasteiger partial charge on any atom is 0.358 e. The topological polar surface area (TPSA) is 68.0 Å². The fourth-order valence-corrected chi connectivity index (χ4v) is 2.66. The molecule has 17 heavy (non-hydrogen) atoms. The van der Waals surface area contributed by atoms with Gasteiger partial charge in [-0.05, 0) is 19.8 Å². The highest BCUT2D eigenvalue weighted by Crippen LogP contribution is 2.32. The van der Waals surface area contributed by atoms with Gasteiger partial charge in [0, 0.05) is 12.5 Å². The van der Waals surface area contributed by atoms with Crippen molar-refractivity contribution in [2.45, 2.75) is 57.9 Å². The fraction of sp³-hybridized carbons (Fsp3) is 0.750. The second-order valence-corrected chi connectivity index (χ2v) is 4.63. The Hall–Kier alpha value is -1.39. The van der Waals surface area contributed by atoms with E-state index in [-0.39, 0.29) is 5.69 Å². The highest BCUT2D eigenvalue weighted by atomic mass is 16.4. The molecule has 0 saturated heterocycles. The lowest BCUT2D eigenvalue weighted by Crippen LogP contribution is -2.12. The van der Waals surface area contributed by atoms with Crippen molar-refractivity contribution in [3.8, 4) is 0 Å². The molecular weight excluding hydrogens is 218 g/mol. The van der Waals surface area contributed by atoms with Gasteiger partial charge in [-0.15, -0.1) is 5.10 Å². The molecule has 0 aliphatic heterocycles. The molecular formula is C12H19N3O2. The normalized spacial score (nSPS) is 17.9. The van der Waals surface area contributed by atoms with Crippen LogP contribution in [0.5, 0.6) is 0 Å². The standard InChI is InChI=1S/C12H19N3O2/c1-2-15-11(10(12(16)17)13-14-15)9-7-5-3-4-6-8-9/h9H,2-8H2,1H3,(H,16,17). The largest absolute Gasteiger partial charge is 0.476 e. The maximum absolute atomic E-state index is 11.2. The Morgan fingerprint density at radius 3 is 2.53 bits per heavy atom. The lowest BCUT2D eigenvalue weighted by atomic mass is 9.95. The molecule has 1 saturated carbocycles. The number of nitrogens with zero attached hydrogens (tertiary/aromatic N) is 3. The van der Waals surface area contributed by atoms with E-state index in [2.05, 4.69) is 10.3 Å². The Morgan fingerprint density at radius 2 is 2.00 bits per heavy atom. The molecule has 1 fully saturated rings. The van der Waals surface area contributed by atoms with Crippen molar-refractivity contribution in [1.29, 1.82) is 0 Å². The molecule has 1 aliphatic carbocycles.